The molecule has 0 saturated heterocycles. The van der Waals surface area contributed by atoms with Crippen molar-refractivity contribution in [3.05, 3.63) is 28.4 Å². The van der Waals surface area contributed by atoms with E-state index >= 15 is 0 Å². The number of hydrogen-bond acceptors (Lipinski definition) is 5. The monoisotopic (exact) mass is 278 g/mol. The Bertz CT molecular complexity index is 441. The number of pyridine rings is 1. The van der Waals surface area contributed by atoms with Crippen LogP contribution in [0.4, 0.5) is 11.5 Å². The Morgan fingerprint density at radius 1 is 1.40 bits per heavy atom. The molecule has 0 spiro atoms. The van der Waals surface area contributed by atoms with Gasteiger partial charge in [-0.2, -0.15) is 0 Å². The molecule has 6 heteroatoms. The molecule has 0 atom stereocenters. The van der Waals surface area contributed by atoms with E-state index in [1.165, 1.54) is 12.3 Å². The first-order valence-electron chi connectivity index (χ1n) is 7.24. The van der Waals surface area contributed by atoms with Gasteiger partial charge in [0.15, 0.2) is 0 Å². The van der Waals surface area contributed by atoms with Gasteiger partial charge in [0, 0.05) is 24.7 Å². The zero-order valence-electron chi connectivity index (χ0n) is 11.9. The molecule has 0 aliphatic heterocycles. The maximum Gasteiger partial charge on any atom is 0.287 e. The molecule has 2 rings (SSSR count). The molecule has 0 aromatic carbocycles. The van der Waals surface area contributed by atoms with Gasteiger partial charge in [-0.25, -0.2) is 4.98 Å². The Morgan fingerprint density at radius 3 is 2.60 bits per heavy atom. The molecule has 20 heavy (non-hydrogen) atoms. The van der Waals surface area contributed by atoms with E-state index in [4.69, 9.17) is 5.73 Å². The number of rotatable bonds is 5. The molecule has 1 saturated carbocycles. The highest BCUT2D eigenvalue weighted by Gasteiger charge is 2.25. The van der Waals surface area contributed by atoms with E-state index in [0.29, 0.717) is 12.1 Å². The number of aromatic nitrogens is 1. The first-order valence-corrected chi connectivity index (χ1v) is 7.24. The van der Waals surface area contributed by atoms with Crippen molar-refractivity contribution >= 4 is 11.5 Å². The van der Waals surface area contributed by atoms with Crippen LogP contribution in [0.2, 0.25) is 0 Å². The maximum atomic E-state index is 10.7. The zero-order chi connectivity index (χ0) is 14.5. The van der Waals surface area contributed by atoms with Crippen molar-refractivity contribution in [1.29, 1.82) is 0 Å². The minimum atomic E-state index is -0.416. The summed E-state index contributed by atoms with van der Waals surface area (Å²) in [6.07, 6.45) is 6.59. The Morgan fingerprint density at radius 2 is 2.10 bits per heavy atom. The molecule has 1 fully saturated rings. The third kappa shape index (κ3) is 3.45. The summed E-state index contributed by atoms with van der Waals surface area (Å²) in [5, 5.41) is 10.7. The lowest BCUT2D eigenvalue weighted by Crippen LogP contribution is -2.41. The van der Waals surface area contributed by atoms with Gasteiger partial charge < -0.3 is 10.6 Å². The Balaban J connectivity index is 2.13. The summed E-state index contributed by atoms with van der Waals surface area (Å²) in [5.74, 6) is 0.831. The molecular formula is C14H22N4O2. The lowest BCUT2D eigenvalue weighted by molar-refractivity contribution is -0.385. The number of nitro groups is 1. The van der Waals surface area contributed by atoms with Crippen LogP contribution in [-0.2, 0) is 0 Å². The number of hydrogen-bond donors (Lipinski definition) is 1. The molecule has 1 aliphatic carbocycles. The molecule has 0 amide bonds. The van der Waals surface area contributed by atoms with Crippen molar-refractivity contribution in [3.63, 3.8) is 0 Å². The van der Waals surface area contributed by atoms with Gasteiger partial charge in [-0.15, -0.1) is 0 Å². The minimum absolute atomic E-state index is 0.0378. The molecule has 1 aromatic rings. The van der Waals surface area contributed by atoms with Gasteiger partial charge in [-0.1, -0.05) is 6.92 Å². The average molecular weight is 278 g/mol. The highest BCUT2D eigenvalue weighted by Crippen LogP contribution is 2.26. The fourth-order valence-corrected chi connectivity index (χ4v) is 2.79. The van der Waals surface area contributed by atoms with E-state index in [9.17, 15) is 10.1 Å². The first kappa shape index (κ1) is 14.7. The van der Waals surface area contributed by atoms with Crippen LogP contribution in [0.1, 0.15) is 39.0 Å². The quantitative estimate of drug-likeness (QED) is 0.660. The van der Waals surface area contributed by atoms with E-state index in [1.54, 1.807) is 6.07 Å². The van der Waals surface area contributed by atoms with Crippen LogP contribution in [0.3, 0.4) is 0 Å². The predicted molar refractivity (Wildman–Crippen MR) is 78.8 cm³/mol. The first-order chi connectivity index (χ1) is 9.61. The number of nitrogens with two attached hydrogens (primary N) is 1. The summed E-state index contributed by atoms with van der Waals surface area (Å²) in [6.45, 7) is 3.05. The molecule has 1 heterocycles. The Kier molecular flexibility index (Phi) is 4.89. The molecule has 2 N–H and O–H groups in total. The third-order valence-electron chi connectivity index (χ3n) is 3.88. The number of nitrogens with zero attached hydrogens (tertiary/aromatic N) is 3. The van der Waals surface area contributed by atoms with Crippen molar-refractivity contribution in [2.24, 2.45) is 5.73 Å². The van der Waals surface area contributed by atoms with Crippen LogP contribution in [0.15, 0.2) is 18.3 Å². The maximum absolute atomic E-state index is 10.7. The van der Waals surface area contributed by atoms with Gasteiger partial charge in [-0.3, -0.25) is 10.1 Å². The van der Waals surface area contributed by atoms with E-state index in [2.05, 4.69) is 16.8 Å². The van der Waals surface area contributed by atoms with Crippen LogP contribution in [0.5, 0.6) is 0 Å². The van der Waals surface area contributed by atoms with Gasteiger partial charge in [-0.05, 0) is 38.2 Å². The molecule has 0 bridgehead atoms. The van der Waals surface area contributed by atoms with Crippen LogP contribution >= 0.6 is 0 Å². The summed E-state index contributed by atoms with van der Waals surface area (Å²) >= 11 is 0. The zero-order valence-corrected chi connectivity index (χ0v) is 11.9. The van der Waals surface area contributed by atoms with E-state index in [-0.39, 0.29) is 5.69 Å². The van der Waals surface area contributed by atoms with Crippen LogP contribution in [0, 0.1) is 10.1 Å². The topological polar surface area (TPSA) is 85.3 Å². The van der Waals surface area contributed by atoms with Crippen molar-refractivity contribution in [1.82, 2.24) is 4.98 Å². The van der Waals surface area contributed by atoms with Gasteiger partial charge >= 0.3 is 0 Å². The largest absolute Gasteiger partial charge is 0.354 e. The predicted octanol–water partition coefficient (Wildman–Crippen LogP) is 2.48. The standard InChI is InChI=1S/C14H22N4O2/c1-2-9-17(12-5-3-11(15)4-6-12)14-8-7-13(10-16-14)18(19)20/h7-8,10-12H,2-6,9,15H2,1H3. The van der Waals surface area contributed by atoms with E-state index in [0.717, 1.165) is 44.5 Å². The van der Waals surface area contributed by atoms with Crippen molar-refractivity contribution in [2.75, 3.05) is 11.4 Å². The van der Waals surface area contributed by atoms with Crippen LogP contribution < -0.4 is 10.6 Å². The van der Waals surface area contributed by atoms with Crippen molar-refractivity contribution in [2.45, 2.75) is 51.1 Å². The Hall–Kier alpha value is -1.69. The van der Waals surface area contributed by atoms with Gasteiger partial charge in [0.05, 0.1) is 4.92 Å². The molecule has 0 radical (unpaired) electrons. The minimum Gasteiger partial charge on any atom is -0.354 e. The summed E-state index contributed by atoms with van der Waals surface area (Å²) < 4.78 is 0. The molecule has 1 aliphatic rings. The Labute approximate surface area is 119 Å². The molecular weight excluding hydrogens is 256 g/mol. The van der Waals surface area contributed by atoms with Crippen LogP contribution in [0.25, 0.3) is 0 Å². The summed E-state index contributed by atoms with van der Waals surface area (Å²) in [7, 11) is 0. The molecule has 110 valence electrons. The average Bonchev–Trinajstić information content (AvgIpc) is 2.46. The third-order valence-corrected chi connectivity index (χ3v) is 3.88. The summed E-state index contributed by atoms with van der Waals surface area (Å²) in [5.41, 5.74) is 5.99. The lowest BCUT2D eigenvalue weighted by Gasteiger charge is -2.36. The SMILES string of the molecule is CCCN(c1ccc([N+](=O)[O-])cn1)C1CCC(N)CC1. The highest BCUT2D eigenvalue weighted by molar-refractivity contribution is 5.44. The molecule has 0 unspecified atom stereocenters. The van der Waals surface area contributed by atoms with Gasteiger partial charge in [0.1, 0.15) is 12.0 Å². The summed E-state index contributed by atoms with van der Waals surface area (Å²) in [4.78, 5) is 16.8. The second kappa shape index (κ2) is 6.65. The fourth-order valence-electron chi connectivity index (χ4n) is 2.79. The molecule has 1 aromatic heterocycles. The van der Waals surface area contributed by atoms with Crippen molar-refractivity contribution in [3.8, 4) is 0 Å². The summed E-state index contributed by atoms with van der Waals surface area (Å²) in [6, 6.07) is 4.05. The molecule has 6 nitrogen and oxygen atoms in total. The normalized spacial score (nSPS) is 22.5. The number of anilines is 1. The highest BCUT2D eigenvalue weighted by atomic mass is 16.6. The van der Waals surface area contributed by atoms with Gasteiger partial charge in [0.25, 0.3) is 5.69 Å². The van der Waals surface area contributed by atoms with Gasteiger partial charge in [0.2, 0.25) is 0 Å². The lowest BCUT2D eigenvalue weighted by atomic mass is 9.90. The van der Waals surface area contributed by atoms with Crippen molar-refractivity contribution < 1.29 is 4.92 Å². The van der Waals surface area contributed by atoms with E-state index in [1.807, 2.05) is 0 Å². The smallest absolute Gasteiger partial charge is 0.287 e. The fraction of sp³-hybridized carbons (Fsp3) is 0.643. The second-order valence-electron chi connectivity index (χ2n) is 5.39. The second-order valence-corrected chi connectivity index (χ2v) is 5.39. The van der Waals surface area contributed by atoms with Crippen LogP contribution in [-0.4, -0.2) is 28.5 Å². The van der Waals surface area contributed by atoms with E-state index < -0.39 is 4.92 Å².